The van der Waals surface area contributed by atoms with Crippen LogP contribution in [-0.4, -0.2) is 96.9 Å². The van der Waals surface area contributed by atoms with Crippen molar-refractivity contribution in [3.63, 3.8) is 0 Å². The molecule has 0 bridgehead atoms. The summed E-state index contributed by atoms with van der Waals surface area (Å²) in [6.45, 7) is -0.977. The highest BCUT2D eigenvalue weighted by atomic mass is 32.2. The molecule has 2 aromatic heterocycles. The Labute approximate surface area is 351 Å². The lowest BCUT2D eigenvalue weighted by Crippen LogP contribution is -2.36. The van der Waals surface area contributed by atoms with Crippen molar-refractivity contribution in [1.82, 2.24) is 44.5 Å². The first-order chi connectivity index (χ1) is 29.4. The van der Waals surface area contributed by atoms with Crippen LogP contribution in [0.15, 0.2) is 119 Å². The van der Waals surface area contributed by atoms with Gasteiger partial charge in [-0.3, -0.25) is 0 Å². The highest BCUT2D eigenvalue weighted by Crippen LogP contribution is 2.42. The Kier molecular flexibility index (Phi) is 12.6. The largest absolute Gasteiger partial charge is 0.497 e. The van der Waals surface area contributed by atoms with E-state index in [1.54, 1.807) is 86.0 Å². The number of ether oxygens (including phenoxy) is 3. The Morgan fingerprint density at radius 2 is 1.34 bits per heavy atom. The number of fused-ring (bicyclic) bond motifs is 1. The molecule has 0 aliphatic rings. The molecule has 61 heavy (non-hydrogen) atoms. The molecule has 0 unspecified atom stereocenters. The van der Waals surface area contributed by atoms with Gasteiger partial charge < -0.3 is 29.6 Å². The van der Waals surface area contributed by atoms with Crippen LogP contribution in [0.1, 0.15) is 16.7 Å². The summed E-state index contributed by atoms with van der Waals surface area (Å²) < 4.78 is 80.0. The number of benzene rings is 5. The van der Waals surface area contributed by atoms with Crippen LogP contribution in [0.4, 0.5) is 4.79 Å². The monoisotopic (exact) mass is 867 g/mol. The third kappa shape index (κ3) is 9.47. The molecule has 316 valence electrons. The number of hydrogen-bond donors (Lipinski definition) is 4. The third-order valence-corrected chi connectivity index (χ3v) is 13.1. The molecule has 4 N–H and O–H groups in total. The first kappa shape index (κ1) is 42.3. The zero-order valence-corrected chi connectivity index (χ0v) is 34.8. The number of aromatic amines is 1. The van der Waals surface area contributed by atoms with Crippen molar-refractivity contribution in [3.8, 4) is 39.8 Å². The maximum absolute atomic E-state index is 15.8. The Hall–Kier alpha value is -6.87. The van der Waals surface area contributed by atoms with Crippen molar-refractivity contribution in [1.29, 1.82) is 0 Å². The number of tetrazole rings is 1. The number of sulfonamides is 2. The molecule has 0 saturated heterocycles. The van der Waals surface area contributed by atoms with Gasteiger partial charge in [0, 0.05) is 31.7 Å². The van der Waals surface area contributed by atoms with Crippen LogP contribution in [-0.2, 0) is 39.7 Å². The van der Waals surface area contributed by atoms with Crippen LogP contribution < -0.4 is 24.2 Å². The second-order valence-corrected chi connectivity index (χ2v) is 17.1. The molecule has 7 aromatic rings. The Bertz CT molecular complexity index is 2820. The number of aromatic nitrogens is 6. The van der Waals surface area contributed by atoms with Crippen LogP contribution in [0, 0.1) is 0 Å². The van der Waals surface area contributed by atoms with Crippen LogP contribution in [0.5, 0.6) is 17.2 Å². The summed E-state index contributed by atoms with van der Waals surface area (Å²) in [6.07, 6.45) is 0.131. The lowest BCUT2D eigenvalue weighted by atomic mass is 9.98. The zero-order valence-electron chi connectivity index (χ0n) is 33.1. The van der Waals surface area contributed by atoms with E-state index in [0.29, 0.717) is 45.0 Å². The molecule has 2 heterocycles. The van der Waals surface area contributed by atoms with Crippen LogP contribution >= 0.6 is 0 Å². The van der Waals surface area contributed by atoms with Gasteiger partial charge in [-0.25, -0.2) is 31.3 Å². The molecule has 0 saturated carbocycles. The lowest BCUT2D eigenvalue weighted by Gasteiger charge is -2.26. The highest BCUT2D eigenvalue weighted by molar-refractivity contribution is 7.92. The molecule has 0 aliphatic carbocycles. The molecule has 18 nitrogen and oxygen atoms in total. The van der Waals surface area contributed by atoms with Gasteiger partial charge in [-0.05, 0) is 76.0 Å². The maximum atomic E-state index is 15.8. The van der Waals surface area contributed by atoms with Gasteiger partial charge in [-0.1, -0.05) is 54.6 Å². The third-order valence-electron chi connectivity index (χ3n) is 9.64. The van der Waals surface area contributed by atoms with Crippen LogP contribution in [0.2, 0.25) is 0 Å². The minimum Gasteiger partial charge on any atom is -0.497 e. The van der Waals surface area contributed by atoms with Crippen molar-refractivity contribution in [2.75, 3.05) is 34.4 Å². The standard InChI is InChI=1S/C41H41N9O9S2/c1-57-30-13-7-27(8-14-30)23-49(24-28-9-15-31(58-2)16-10-28)61(55,56)39-36(60(53,54)45-22-21-42-41(51)52)20-19-33(34-5-4-6-35-38(34)44-26-43-35)37(39)40-46-48-50(47-40)25-29-11-17-32(59-3)18-12-29/h4-20,26,42,45H,21-25H2,1-3H3,(H,43,44)(H,51,52). The number of amides is 1. The number of imidazole rings is 1. The van der Waals surface area contributed by atoms with Gasteiger partial charge in [-0.2, -0.15) is 9.10 Å². The summed E-state index contributed by atoms with van der Waals surface area (Å²) >= 11 is 0. The Morgan fingerprint density at radius 3 is 1.92 bits per heavy atom. The van der Waals surface area contributed by atoms with Gasteiger partial charge in [0.25, 0.3) is 0 Å². The summed E-state index contributed by atoms with van der Waals surface area (Å²) in [5.74, 6) is 1.56. The molecule has 0 radical (unpaired) electrons. The molecule has 5 aromatic carbocycles. The Morgan fingerprint density at radius 1 is 0.754 bits per heavy atom. The molecule has 0 atom stereocenters. The second-order valence-electron chi connectivity index (χ2n) is 13.5. The predicted molar refractivity (Wildman–Crippen MR) is 224 cm³/mol. The van der Waals surface area contributed by atoms with E-state index < -0.39 is 42.5 Å². The topological polar surface area (TPSA) is 233 Å². The number of nitrogens with zero attached hydrogens (tertiary/aromatic N) is 6. The lowest BCUT2D eigenvalue weighted by molar-refractivity contribution is 0.194. The van der Waals surface area contributed by atoms with E-state index in [2.05, 4.69) is 35.4 Å². The quantitative estimate of drug-likeness (QED) is 0.0843. The van der Waals surface area contributed by atoms with Crippen molar-refractivity contribution in [3.05, 3.63) is 126 Å². The normalized spacial score (nSPS) is 11.8. The molecular weight excluding hydrogens is 827 g/mol. The number of rotatable bonds is 18. The van der Waals surface area contributed by atoms with E-state index >= 15 is 8.42 Å². The smallest absolute Gasteiger partial charge is 0.404 e. The minimum absolute atomic E-state index is 0.126. The van der Waals surface area contributed by atoms with Gasteiger partial charge >= 0.3 is 6.09 Å². The summed E-state index contributed by atoms with van der Waals surface area (Å²) in [4.78, 5) is 18.8. The van der Waals surface area contributed by atoms with Crippen molar-refractivity contribution >= 4 is 37.2 Å². The molecular formula is C41H41N9O9S2. The fraction of sp³-hybridized carbons (Fsp3) is 0.195. The summed E-state index contributed by atoms with van der Waals surface area (Å²) in [5, 5.41) is 24.5. The SMILES string of the molecule is COc1ccc(CN(Cc2ccc(OC)cc2)S(=O)(=O)c2c(S(=O)(=O)NCCNC(=O)O)ccc(-c3cccc4[nH]cnc34)c2-c2nnn(Cc3ccc(OC)cc3)n2)cc1. The van der Waals surface area contributed by atoms with Gasteiger partial charge in [0.15, 0.2) is 0 Å². The predicted octanol–water partition coefficient (Wildman–Crippen LogP) is 4.89. The molecule has 0 spiro atoms. The number of nitrogens with one attached hydrogen (secondary N) is 3. The fourth-order valence-electron chi connectivity index (χ4n) is 6.62. The number of hydrogen-bond acceptors (Lipinski definition) is 12. The number of para-hydroxylation sites is 1. The summed E-state index contributed by atoms with van der Waals surface area (Å²) in [5.41, 5.74) is 3.58. The highest BCUT2D eigenvalue weighted by Gasteiger charge is 2.38. The van der Waals surface area contributed by atoms with Gasteiger partial charge in [-0.15, -0.1) is 10.2 Å². The van der Waals surface area contributed by atoms with Crippen LogP contribution in [0.25, 0.3) is 33.5 Å². The van der Waals surface area contributed by atoms with E-state index in [4.69, 9.17) is 19.3 Å². The number of carbonyl (C=O) groups is 1. The van der Waals surface area contributed by atoms with Crippen molar-refractivity contribution < 1.29 is 40.9 Å². The van der Waals surface area contributed by atoms with Crippen molar-refractivity contribution in [2.45, 2.75) is 29.4 Å². The van der Waals surface area contributed by atoms with E-state index in [9.17, 15) is 13.2 Å². The van der Waals surface area contributed by atoms with E-state index in [1.807, 2.05) is 12.1 Å². The Balaban J connectivity index is 1.48. The molecule has 1 amide bonds. The maximum Gasteiger partial charge on any atom is 0.404 e. The van der Waals surface area contributed by atoms with E-state index in [-0.39, 0.29) is 43.1 Å². The van der Waals surface area contributed by atoms with E-state index in [0.717, 1.165) is 5.56 Å². The summed E-state index contributed by atoms with van der Waals surface area (Å²) in [7, 11) is -5.04. The molecule has 0 fully saturated rings. The average Bonchev–Trinajstić information content (AvgIpc) is 3.95. The number of methoxy groups -OCH3 is 3. The molecule has 20 heteroatoms. The van der Waals surface area contributed by atoms with Gasteiger partial charge in [0.2, 0.25) is 25.9 Å². The summed E-state index contributed by atoms with van der Waals surface area (Å²) in [6, 6.07) is 28.8. The van der Waals surface area contributed by atoms with Crippen LogP contribution in [0.3, 0.4) is 0 Å². The number of carboxylic acid groups (broad SMARTS) is 1. The first-order valence-electron chi connectivity index (χ1n) is 18.6. The average molecular weight is 868 g/mol. The minimum atomic E-state index is -4.91. The van der Waals surface area contributed by atoms with E-state index in [1.165, 1.54) is 41.8 Å². The van der Waals surface area contributed by atoms with Gasteiger partial charge in [0.05, 0.1) is 50.8 Å². The fourth-order valence-corrected chi connectivity index (χ4v) is 10.1. The van der Waals surface area contributed by atoms with Crippen molar-refractivity contribution in [2.24, 2.45) is 0 Å². The van der Waals surface area contributed by atoms with Gasteiger partial charge in [0.1, 0.15) is 27.0 Å². The molecule has 0 aliphatic heterocycles. The number of H-pyrrole nitrogens is 1. The molecule has 7 rings (SSSR count). The second kappa shape index (κ2) is 18.2. The zero-order chi connectivity index (χ0) is 43.1. The first-order valence-corrected chi connectivity index (χ1v) is 21.6.